The summed E-state index contributed by atoms with van der Waals surface area (Å²) < 4.78 is 5.73. The highest BCUT2D eigenvalue weighted by atomic mass is 16.5. The van der Waals surface area contributed by atoms with E-state index in [1.807, 2.05) is 6.92 Å². The van der Waals surface area contributed by atoms with Crippen LogP contribution in [0.3, 0.4) is 0 Å². The van der Waals surface area contributed by atoms with Gasteiger partial charge in [0.1, 0.15) is 5.82 Å². The first-order valence-electron chi connectivity index (χ1n) is 5.76. The molecule has 0 aromatic carbocycles. The number of carbonyl (C=O) groups is 1. The number of pyridine rings is 1. The van der Waals surface area contributed by atoms with Crippen LogP contribution in [0, 0.1) is 5.92 Å². The molecule has 5 nitrogen and oxygen atoms in total. The minimum absolute atomic E-state index is 0.170. The van der Waals surface area contributed by atoms with Crippen LogP contribution in [-0.2, 0) is 4.79 Å². The van der Waals surface area contributed by atoms with Gasteiger partial charge in [0.15, 0.2) is 5.75 Å². The van der Waals surface area contributed by atoms with E-state index in [2.05, 4.69) is 10.3 Å². The van der Waals surface area contributed by atoms with E-state index in [9.17, 15) is 4.79 Å². The van der Waals surface area contributed by atoms with Gasteiger partial charge in [-0.15, -0.1) is 0 Å². The molecule has 0 radical (unpaired) electrons. The molecule has 0 saturated heterocycles. The van der Waals surface area contributed by atoms with Gasteiger partial charge in [-0.2, -0.15) is 0 Å². The Hall–Kier alpha value is -1.78. The third kappa shape index (κ3) is 3.09. The van der Waals surface area contributed by atoms with E-state index in [4.69, 9.17) is 10.5 Å². The van der Waals surface area contributed by atoms with Gasteiger partial charge in [-0.25, -0.2) is 4.98 Å². The Labute approximate surface area is 100 Å². The Morgan fingerprint density at radius 3 is 2.88 bits per heavy atom. The summed E-state index contributed by atoms with van der Waals surface area (Å²) in [7, 11) is 0. The lowest BCUT2D eigenvalue weighted by Gasteiger charge is -2.15. The van der Waals surface area contributed by atoms with E-state index >= 15 is 0 Å². The van der Waals surface area contributed by atoms with Gasteiger partial charge < -0.3 is 15.8 Å². The van der Waals surface area contributed by atoms with E-state index in [0.29, 0.717) is 23.2 Å². The summed E-state index contributed by atoms with van der Waals surface area (Å²) in [6, 6.07) is 1.61. The van der Waals surface area contributed by atoms with Crippen LogP contribution in [0.5, 0.6) is 5.75 Å². The maximum atomic E-state index is 10.9. The molecule has 0 aliphatic heterocycles. The van der Waals surface area contributed by atoms with Crippen LogP contribution in [-0.4, -0.2) is 17.0 Å². The number of nitrogens with one attached hydrogen (secondary N) is 1. The molecule has 1 aliphatic rings. The molecule has 1 saturated carbocycles. The predicted molar refractivity (Wildman–Crippen MR) is 65.8 cm³/mol. The van der Waals surface area contributed by atoms with Gasteiger partial charge in [0, 0.05) is 13.0 Å². The van der Waals surface area contributed by atoms with Gasteiger partial charge in [0.2, 0.25) is 5.91 Å². The Kier molecular flexibility index (Phi) is 3.17. The third-order valence-electron chi connectivity index (χ3n) is 2.80. The molecule has 1 aliphatic carbocycles. The molecule has 1 fully saturated rings. The van der Waals surface area contributed by atoms with Crippen LogP contribution >= 0.6 is 0 Å². The zero-order valence-electron chi connectivity index (χ0n) is 10.1. The molecule has 1 heterocycles. The highest BCUT2D eigenvalue weighted by Crippen LogP contribution is 2.35. The summed E-state index contributed by atoms with van der Waals surface area (Å²) in [5.41, 5.74) is 6.35. The number of amides is 1. The standard InChI is InChI=1S/C12H17N3O2/c1-7(9-3-4-9)17-11-6-14-12(5-10(11)13)15-8(2)16/h5-7,9H,3-4H2,1-2H3,(H3,13,14,15,16). The number of nitrogens with zero attached hydrogens (tertiary/aromatic N) is 1. The first-order chi connectivity index (χ1) is 8.06. The van der Waals surface area contributed by atoms with Crippen LogP contribution in [0.4, 0.5) is 11.5 Å². The van der Waals surface area contributed by atoms with Crippen LogP contribution in [0.15, 0.2) is 12.3 Å². The zero-order valence-corrected chi connectivity index (χ0v) is 10.1. The maximum Gasteiger partial charge on any atom is 0.222 e. The second kappa shape index (κ2) is 4.61. The van der Waals surface area contributed by atoms with E-state index in [1.165, 1.54) is 19.8 Å². The van der Waals surface area contributed by atoms with Crippen molar-refractivity contribution in [2.45, 2.75) is 32.8 Å². The molecule has 17 heavy (non-hydrogen) atoms. The highest BCUT2D eigenvalue weighted by molar-refractivity contribution is 5.88. The lowest BCUT2D eigenvalue weighted by Crippen LogP contribution is -2.15. The summed E-state index contributed by atoms with van der Waals surface area (Å²) in [5.74, 6) is 1.50. The van der Waals surface area contributed by atoms with Crippen molar-refractivity contribution in [3.8, 4) is 5.75 Å². The van der Waals surface area contributed by atoms with Crippen molar-refractivity contribution in [3.63, 3.8) is 0 Å². The number of hydrogen-bond acceptors (Lipinski definition) is 4. The number of hydrogen-bond donors (Lipinski definition) is 2. The zero-order chi connectivity index (χ0) is 12.4. The molecule has 5 heteroatoms. The van der Waals surface area contributed by atoms with E-state index in [0.717, 1.165) is 0 Å². The first-order valence-corrected chi connectivity index (χ1v) is 5.76. The molecule has 1 aromatic heterocycles. The molecule has 1 aromatic rings. The van der Waals surface area contributed by atoms with Gasteiger partial charge in [-0.3, -0.25) is 4.79 Å². The molecular formula is C12H17N3O2. The van der Waals surface area contributed by atoms with E-state index in [-0.39, 0.29) is 12.0 Å². The fraction of sp³-hybridized carbons (Fsp3) is 0.500. The third-order valence-corrected chi connectivity index (χ3v) is 2.80. The minimum Gasteiger partial charge on any atom is -0.487 e. The normalized spacial score (nSPS) is 16.4. The van der Waals surface area contributed by atoms with Crippen molar-refractivity contribution < 1.29 is 9.53 Å². The smallest absolute Gasteiger partial charge is 0.222 e. The monoisotopic (exact) mass is 235 g/mol. The van der Waals surface area contributed by atoms with Crippen molar-refractivity contribution >= 4 is 17.4 Å². The molecule has 0 spiro atoms. The predicted octanol–water partition coefficient (Wildman–Crippen LogP) is 1.80. The van der Waals surface area contributed by atoms with Crippen molar-refractivity contribution in [3.05, 3.63) is 12.3 Å². The number of nitrogen functional groups attached to an aromatic ring is 1. The van der Waals surface area contributed by atoms with Crippen molar-refractivity contribution in [2.75, 3.05) is 11.1 Å². The average Bonchev–Trinajstić information content (AvgIpc) is 3.04. The molecule has 1 atom stereocenters. The molecule has 0 bridgehead atoms. The summed E-state index contributed by atoms with van der Waals surface area (Å²) in [5, 5.41) is 2.58. The number of carbonyl (C=O) groups excluding carboxylic acids is 1. The molecular weight excluding hydrogens is 218 g/mol. The Morgan fingerprint density at radius 2 is 2.35 bits per heavy atom. The second-order valence-corrected chi connectivity index (χ2v) is 4.45. The number of aromatic nitrogens is 1. The van der Waals surface area contributed by atoms with Crippen molar-refractivity contribution in [2.24, 2.45) is 5.92 Å². The minimum atomic E-state index is -0.170. The van der Waals surface area contributed by atoms with Crippen LogP contribution in [0.1, 0.15) is 26.7 Å². The summed E-state index contributed by atoms with van der Waals surface area (Å²) in [6.45, 7) is 3.47. The quantitative estimate of drug-likeness (QED) is 0.834. The number of anilines is 2. The molecule has 1 unspecified atom stereocenters. The fourth-order valence-electron chi connectivity index (χ4n) is 1.67. The summed E-state index contributed by atoms with van der Waals surface area (Å²) in [6.07, 6.45) is 4.17. The highest BCUT2D eigenvalue weighted by Gasteiger charge is 2.29. The maximum absolute atomic E-state index is 10.9. The van der Waals surface area contributed by atoms with Gasteiger partial charge >= 0.3 is 0 Å². The molecule has 92 valence electrons. The SMILES string of the molecule is CC(=O)Nc1cc(N)c(OC(C)C2CC2)cn1. The number of rotatable bonds is 4. The average molecular weight is 235 g/mol. The van der Waals surface area contributed by atoms with E-state index in [1.54, 1.807) is 12.3 Å². The molecule has 1 amide bonds. The number of ether oxygens (including phenoxy) is 1. The fourth-order valence-corrected chi connectivity index (χ4v) is 1.67. The Balaban J connectivity index is 2.05. The Morgan fingerprint density at radius 1 is 1.65 bits per heavy atom. The largest absolute Gasteiger partial charge is 0.487 e. The van der Waals surface area contributed by atoms with Crippen LogP contribution in [0.2, 0.25) is 0 Å². The summed E-state index contributed by atoms with van der Waals surface area (Å²) in [4.78, 5) is 14.9. The van der Waals surface area contributed by atoms with Crippen molar-refractivity contribution in [1.82, 2.24) is 4.98 Å². The topological polar surface area (TPSA) is 77.2 Å². The van der Waals surface area contributed by atoms with Gasteiger partial charge in [-0.1, -0.05) is 0 Å². The van der Waals surface area contributed by atoms with Crippen LogP contribution in [0.25, 0.3) is 0 Å². The van der Waals surface area contributed by atoms with Crippen LogP contribution < -0.4 is 15.8 Å². The van der Waals surface area contributed by atoms with E-state index < -0.39 is 0 Å². The van der Waals surface area contributed by atoms with Gasteiger partial charge in [0.05, 0.1) is 18.0 Å². The molecule has 2 rings (SSSR count). The van der Waals surface area contributed by atoms with Crippen molar-refractivity contribution in [1.29, 1.82) is 0 Å². The first kappa shape index (κ1) is 11.7. The molecule has 3 N–H and O–H groups in total. The second-order valence-electron chi connectivity index (χ2n) is 4.45. The lowest BCUT2D eigenvalue weighted by molar-refractivity contribution is -0.114. The Bertz CT molecular complexity index is 430. The van der Waals surface area contributed by atoms with Gasteiger partial charge in [0.25, 0.3) is 0 Å². The summed E-state index contributed by atoms with van der Waals surface area (Å²) >= 11 is 0. The number of nitrogens with two attached hydrogens (primary N) is 1. The van der Waals surface area contributed by atoms with Gasteiger partial charge in [-0.05, 0) is 25.7 Å². The lowest BCUT2D eigenvalue weighted by atomic mass is 10.2.